The Morgan fingerprint density at radius 3 is 1.80 bits per heavy atom. The Hall–Kier alpha value is -0.260. The lowest BCUT2D eigenvalue weighted by molar-refractivity contribution is 0.189. The molecule has 0 aromatic rings. The van der Waals surface area contributed by atoms with Crippen molar-refractivity contribution in [2.45, 2.75) is 40.5 Å². The van der Waals surface area contributed by atoms with Crippen LogP contribution in [0, 0.1) is 10.8 Å². The second kappa shape index (κ2) is 1.87. The van der Waals surface area contributed by atoms with Crippen LogP contribution in [0.2, 0.25) is 0 Å². The Morgan fingerprint density at radius 2 is 1.70 bits per heavy atom. The van der Waals surface area contributed by atoms with Crippen molar-refractivity contribution in [3.8, 4) is 0 Å². The van der Waals surface area contributed by atoms with Crippen LogP contribution < -0.4 is 0 Å². The maximum Gasteiger partial charge on any atom is -0.00961 e. The third-order valence-electron chi connectivity index (χ3n) is 3.63. The summed E-state index contributed by atoms with van der Waals surface area (Å²) in [5.74, 6) is 0. The van der Waals surface area contributed by atoms with Crippen LogP contribution in [0.4, 0.5) is 0 Å². The maximum absolute atomic E-state index is 4.10. The first-order valence-corrected chi connectivity index (χ1v) is 4.06. The highest BCUT2D eigenvalue weighted by molar-refractivity contribution is 5.18. The average molecular weight is 138 g/mol. The third kappa shape index (κ3) is 0.817. The topological polar surface area (TPSA) is 0 Å². The summed E-state index contributed by atoms with van der Waals surface area (Å²) in [6, 6.07) is 0. The Bertz CT molecular complexity index is 161. The van der Waals surface area contributed by atoms with E-state index in [1.165, 1.54) is 18.4 Å². The lowest BCUT2D eigenvalue weighted by Crippen LogP contribution is -2.26. The summed E-state index contributed by atoms with van der Waals surface area (Å²) < 4.78 is 0. The lowest BCUT2D eigenvalue weighted by Gasteiger charge is -2.35. The first-order chi connectivity index (χ1) is 4.38. The summed E-state index contributed by atoms with van der Waals surface area (Å²) in [5.41, 5.74) is 2.24. The predicted molar refractivity (Wildman–Crippen MR) is 45.9 cm³/mol. The van der Waals surface area contributed by atoms with Gasteiger partial charge in [-0.05, 0) is 23.7 Å². The Morgan fingerprint density at radius 1 is 1.20 bits per heavy atom. The normalized spacial score (nSPS) is 29.0. The van der Waals surface area contributed by atoms with Crippen molar-refractivity contribution in [2.75, 3.05) is 0 Å². The molecule has 0 bridgehead atoms. The lowest BCUT2D eigenvalue weighted by atomic mass is 9.69. The largest absolute Gasteiger partial charge is 0.0993 e. The SMILES string of the molecule is C=C1CCC(C)(C)C1(C)C. The van der Waals surface area contributed by atoms with Crippen molar-refractivity contribution in [3.05, 3.63) is 12.2 Å². The minimum atomic E-state index is 0.354. The molecule has 1 fully saturated rings. The molecule has 58 valence electrons. The summed E-state index contributed by atoms with van der Waals surface area (Å²) in [6.07, 6.45) is 2.53. The van der Waals surface area contributed by atoms with Gasteiger partial charge in [-0.2, -0.15) is 0 Å². The first kappa shape index (κ1) is 7.84. The zero-order valence-corrected chi connectivity index (χ0v) is 7.62. The highest BCUT2D eigenvalue weighted by atomic mass is 14.5. The van der Waals surface area contributed by atoms with Crippen LogP contribution in [0.5, 0.6) is 0 Å². The van der Waals surface area contributed by atoms with E-state index in [2.05, 4.69) is 34.3 Å². The number of allylic oxidation sites excluding steroid dienone is 1. The van der Waals surface area contributed by atoms with Crippen molar-refractivity contribution >= 4 is 0 Å². The standard InChI is InChI=1S/C10H18/c1-8-6-7-9(2,3)10(8,4)5/h1,6-7H2,2-5H3. The molecule has 0 N–H and O–H groups in total. The van der Waals surface area contributed by atoms with E-state index in [0.29, 0.717) is 10.8 Å². The fraction of sp³-hybridized carbons (Fsp3) is 0.800. The van der Waals surface area contributed by atoms with Crippen LogP contribution >= 0.6 is 0 Å². The number of rotatable bonds is 0. The molecular formula is C10H18. The van der Waals surface area contributed by atoms with Crippen LogP contribution in [0.3, 0.4) is 0 Å². The summed E-state index contributed by atoms with van der Waals surface area (Å²) in [6.45, 7) is 13.4. The Labute approximate surface area is 64.3 Å². The molecule has 0 aliphatic heterocycles. The molecule has 0 atom stereocenters. The molecule has 0 spiro atoms. The average Bonchev–Trinajstić information content (AvgIpc) is 1.94. The van der Waals surface area contributed by atoms with E-state index in [0.717, 1.165) is 0 Å². The summed E-state index contributed by atoms with van der Waals surface area (Å²) in [4.78, 5) is 0. The van der Waals surface area contributed by atoms with E-state index in [9.17, 15) is 0 Å². The monoisotopic (exact) mass is 138 g/mol. The van der Waals surface area contributed by atoms with Crippen molar-refractivity contribution in [1.29, 1.82) is 0 Å². The van der Waals surface area contributed by atoms with Gasteiger partial charge in [-0.15, -0.1) is 0 Å². The molecule has 1 rings (SSSR count). The highest BCUT2D eigenvalue weighted by Crippen LogP contribution is 2.54. The molecule has 1 saturated carbocycles. The van der Waals surface area contributed by atoms with Gasteiger partial charge in [0.1, 0.15) is 0 Å². The van der Waals surface area contributed by atoms with Crippen LogP contribution in [0.25, 0.3) is 0 Å². The van der Waals surface area contributed by atoms with Gasteiger partial charge in [0.2, 0.25) is 0 Å². The maximum atomic E-state index is 4.10. The van der Waals surface area contributed by atoms with E-state index >= 15 is 0 Å². The highest BCUT2D eigenvalue weighted by Gasteiger charge is 2.43. The molecule has 1 aliphatic carbocycles. The van der Waals surface area contributed by atoms with Gasteiger partial charge in [0.05, 0.1) is 0 Å². The van der Waals surface area contributed by atoms with E-state index in [-0.39, 0.29) is 0 Å². The Kier molecular flexibility index (Phi) is 1.47. The molecule has 0 heteroatoms. The number of hydrogen-bond acceptors (Lipinski definition) is 0. The van der Waals surface area contributed by atoms with Crippen LogP contribution in [0.1, 0.15) is 40.5 Å². The fourth-order valence-electron chi connectivity index (χ4n) is 1.57. The summed E-state index contributed by atoms with van der Waals surface area (Å²) in [5, 5.41) is 0. The van der Waals surface area contributed by atoms with Gasteiger partial charge < -0.3 is 0 Å². The van der Waals surface area contributed by atoms with E-state index in [1.807, 2.05) is 0 Å². The molecule has 0 saturated heterocycles. The van der Waals surface area contributed by atoms with Crippen molar-refractivity contribution in [2.24, 2.45) is 10.8 Å². The van der Waals surface area contributed by atoms with Crippen molar-refractivity contribution in [3.63, 3.8) is 0 Å². The Balaban J connectivity index is 2.95. The molecule has 1 aliphatic rings. The van der Waals surface area contributed by atoms with Crippen molar-refractivity contribution < 1.29 is 0 Å². The molecule has 0 nitrogen and oxygen atoms in total. The molecule has 0 amide bonds. The van der Waals surface area contributed by atoms with Gasteiger partial charge in [-0.1, -0.05) is 39.8 Å². The van der Waals surface area contributed by atoms with E-state index < -0.39 is 0 Å². The minimum Gasteiger partial charge on any atom is -0.0993 e. The third-order valence-corrected chi connectivity index (χ3v) is 3.63. The van der Waals surface area contributed by atoms with Crippen molar-refractivity contribution in [1.82, 2.24) is 0 Å². The van der Waals surface area contributed by atoms with Crippen LogP contribution in [0.15, 0.2) is 12.2 Å². The van der Waals surface area contributed by atoms with E-state index in [1.54, 1.807) is 0 Å². The molecular weight excluding hydrogens is 120 g/mol. The predicted octanol–water partition coefficient (Wildman–Crippen LogP) is 3.39. The first-order valence-electron chi connectivity index (χ1n) is 4.06. The van der Waals surface area contributed by atoms with Crippen LogP contribution in [-0.4, -0.2) is 0 Å². The van der Waals surface area contributed by atoms with Gasteiger partial charge in [0, 0.05) is 0 Å². The van der Waals surface area contributed by atoms with Crippen LogP contribution in [-0.2, 0) is 0 Å². The van der Waals surface area contributed by atoms with Gasteiger partial charge in [0.15, 0.2) is 0 Å². The van der Waals surface area contributed by atoms with Gasteiger partial charge >= 0.3 is 0 Å². The fourth-order valence-corrected chi connectivity index (χ4v) is 1.57. The molecule has 0 radical (unpaired) electrons. The molecule has 0 aromatic heterocycles. The smallest absolute Gasteiger partial charge is 0.00961 e. The number of hydrogen-bond donors (Lipinski definition) is 0. The quantitative estimate of drug-likeness (QED) is 0.450. The zero-order chi connectivity index (χ0) is 7.99. The minimum absolute atomic E-state index is 0.354. The van der Waals surface area contributed by atoms with Gasteiger partial charge in [-0.3, -0.25) is 0 Å². The molecule has 0 aromatic carbocycles. The summed E-state index contributed by atoms with van der Waals surface area (Å²) >= 11 is 0. The molecule has 10 heavy (non-hydrogen) atoms. The van der Waals surface area contributed by atoms with Gasteiger partial charge in [0.25, 0.3) is 0 Å². The summed E-state index contributed by atoms with van der Waals surface area (Å²) in [7, 11) is 0. The van der Waals surface area contributed by atoms with E-state index in [4.69, 9.17) is 0 Å². The second-order valence-corrected chi connectivity index (χ2v) is 4.61. The molecule has 0 unspecified atom stereocenters. The van der Waals surface area contributed by atoms with Gasteiger partial charge in [-0.25, -0.2) is 0 Å². The molecule has 0 heterocycles. The zero-order valence-electron chi connectivity index (χ0n) is 7.62. The second-order valence-electron chi connectivity index (χ2n) is 4.61.